The maximum Gasteiger partial charge on any atom is 0.426 e. The second-order valence-corrected chi connectivity index (χ2v) is 6.02. The zero-order chi connectivity index (χ0) is 18.9. The number of hydrogen-bond acceptors (Lipinski definition) is 4. The molecule has 8 heteroatoms. The van der Waals surface area contributed by atoms with Gasteiger partial charge in [0.2, 0.25) is 5.60 Å². The molecule has 0 aromatic heterocycles. The van der Waals surface area contributed by atoms with Crippen LogP contribution < -0.4 is 11.3 Å². The molecule has 5 nitrogen and oxygen atoms in total. The summed E-state index contributed by atoms with van der Waals surface area (Å²) in [6, 6.07) is 8.31. The summed E-state index contributed by atoms with van der Waals surface area (Å²) in [5.74, 6) is 3.57. The number of aliphatic hydroxyl groups is 1. The molecule has 0 bridgehead atoms. The van der Waals surface area contributed by atoms with E-state index in [1.165, 1.54) is 0 Å². The summed E-state index contributed by atoms with van der Waals surface area (Å²) < 4.78 is 46.1. The molecule has 0 unspecified atom stereocenters. The molecule has 0 aliphatic rings. The fourth-order valence-electron chi connectivity index (χ4n) is 2.49. The molecule has 0 aliphatic heterocycles. The third-order valence-corrected chi connectivity index (χ3v) is 3.93. The highest BCUT2D eigenvalue weighted by Crippen LogP contribution is 2.39. The minimum absolute atomic E-state index is 0.119. The van der Waals surface area contributed by atoms with Gasteiger partial charge in [0.1, 0.15) is 0 Å². The lowest BCUT2D eigenvalue weighted by atomic mass is 9.93. The first kappa shape index (κ1) is 21.4. The van der Waals surface area contributed by atoms with Crippen molar-refractivity contribution in [2.75, 3.05) is 0 Å². The van der Waals surface area contributed by atoms with Gasteiger partial charge in [0.25, 0.3) is 5.91 Å². The monoisotopic (exact) mass is 362 g/mol. The van der Waals surface area contributed by atoms with E-state index in [9.17, 15) is 23.1 Å². The fraction of sp³-hybridized carbons (Fsp3) is 0.588. The molecule has 142 valence electrons. The molecule has 25 heavy (non-hydrogen) atoms. The van der Waals surface area contributed by atoms with Crippen molar-refractivity contribution < 1.29 is 27.8 Å². The van der Waals surface area contributed by atoms with Gasteiger partial charge in [-0.2, -0.15) is 13.2 Å². The van der Waals surface area contributed by atoms with Crippen LogP contribution in [-0.2, 0) is 16.1 Å². The Morgan fingerprint density at radius 3 is 2.40 bits per heavy atom. The molecule has 0 heterocycles. The number of hydrazine groups is 1. The minimum Gasteiger partial charge on any atom is -0.393 e. The Morgan fingerprint density at radius 1 is 1.24 bits per heavy atom. The Hall–Kier alpha value is -1.64. The third kappa shape index (κ3) is 6.30. The van der Waals surface area contributed by atoms with E-state index in [1.54, 1.807) is 42.7 Å². The lowest BCUT2D eigenvalue weighted by molar-refractivity contribution is -0.273. The normalized spacial score (nSPS) is 15.4. The van der Waals surface area contributed by atoms with Crippen LogP contribution >= 0.6 is 0 Å². The van der Waals surface area contributed by atoms with Crippen molar-refractivity contribution in [1.82, 2.24) is 5.43 Å². The number of amides is 1. The highest BCUT2D eigenvalue weighted by Gasteiger charge is 2.61. The summed E-state index contributed by atoms with van der Waals surface area (Å²) in [5, 5.41) is 9.19. The van der Waals surface area contributed by atoms with E-state index in [1.807, 2.05) is 0 Å². The van der Waals surface area contributed by atoms with Crippen molar-refractivity contribution in [3.05, 3.63) is 35.9 Å². The molecule has 1 aromatic rings. The number of carbonyl (C=O) groups excluding carboxylic acids is 1. The SMILES string of the molecule is C[C@H](O)CCCCC[C@@](OCc1ccccc1)(C(=O)NN)C(F)(F)F. The van der Waals surface area contributed by atoms with Gasteiger partial charge in [0, 0.05) is 0 Å². The van der Waals surface area contributed by atoms with Crippen LogP contribution in [0.2, 0.25) is 0 Å². The van der Waals surface area contributed by atoms with Gasteiger partial charge in [0.05, 0.1) is 12.7 Å². The number of nitrogens with one attached hydrogen (secondary N) is 1. The molecule has 0 aliphatic carbocycles. The molecular formula is C17H25F3N2O3. The topological polar surface area (TPSA) is 84.6 Å². The maximum absolute atomic E-state index is 13.7. The van der Waals surface area contributed by atoms with E-state index >= 15 is 0 Å². The molecule has 0 saturated heterocycles. The first-order chi connectivity index (χ1) is 11.7. The standard InChI is InChI=1S/C17H25F3N2O3/c1-13(23)8-4-3-7-11-16(15(24)22-21,17(18,19)20)25-12-14-9-5-2-6-10-14/h2,5-6,9-10,13,23H,3-4,7-8,11-12,21H2,1H3,(H,22,24)/t13-,16+/m0/s1. The van der Waals surface area contributed by atoms with Crippen molar-refractivity contribution >= 4 is 5.91 Å². The first-order valence-corrected chi connectivity index (χ1v) is 8.16. The zero-order valence-electron chi connectivity index (χ0n) is 14.2. The second kappa shape index (κ2) is 9.74. The lowest BCUT2D eigenvalue weighted by Crippen LogP contribution is -2.60. The fourth-order valence-corrected chi connectivity index (χ4v) is 2.49. The van der Waals surface area contributed by atoms with Crippen molar-refractivity contribution in [3.8, 4) is 0 Å². The van der Waals surface area contributed by atoms with Crippen molar-refractivity contribution in [2.45, 2.75) is 63.5 Å². The average molecular weight is 362 g/mol. The molecule has 1 amide bonds. The van der Waals surface area contributed by atoms with E-state index in [4.69, 9.17) is 10.6 Å². The highest BCUT2D eigenvalue weighted by atomic mass is 19.4. The molecule has 0 fully saturated rings. The van der Waals surface area contributed by atoms with Crippen LogP contribution in [0.4, 0.5) is 13.2 Å². The van der Waals surface area contributed by atoms with Crippen LogP contribution in [0.15, 0.2) is 30.3 Å². The van der Waals surface area contributed by atoms with E-state index in [2.05, 4.69) is 0 Å². The largest absolute Gasteiger partial charge is 0.426 e. The summed E-state index contributed by atoms with van der Waals surface area (Å²) in [7, 11) is 0. The number of ether oxygens (including phenoxy) is 1. The number of carbonyl (C=O) groups is 1. The Labute approximate surface area is 145 Å². The average Bonchev–Trinajstić information content (AvgIpc) is 2.56. The Bertz CT molecular complexity index is 524. The summed E-state index contributed by atoms with van der Waals surface area (Å²) in [5.41, 5.74) is -0.890. The number of unbranched alkanes of at least 4 members (excludes halogenated alkanes) is 2. The first-order valence-electron chi connectivity index (χ1n) is 8.16. The van der Waals surface area contributed by atoms with Crippen LogP contribution in [0.1, 0.15) is 44.6 Å². The van der Waals surface area contributed by atoms with Crippen molar-refractivity contribution in [2.24, 2.45) is 5.84 Å². The number of nitrogens with two attached hydrogens (primary N) is 1. The molecule has 0 saturated carbocycles. The zero-order valence-corrected chi connectivity index (χ0v) is 14.2. The van der Waals surface area contributed by atoms with Gasteiger partial charge in [-0.05, 0) is 31.7 Å². The van der Waals surface area contributed by atoms with Gasteiger partial charge in [-0.25, -0.2) is 5.84 Å². The van der Waals surface area contributed by atoms with Crippen LogP contribution in [0.5, 0.6) is 0 Å². The van der Waals surface area contributed by atoms with Crippen molar-refractivity contribution in [3.63, 3.8) is 0 Å². The van der Waals surface area contributed by atoms with Gasteiger partial charge < -0.3 is 9.84 Å². The van der Waals surface area contributed by atoms with E-state index in [0.29, 0.717) is 24.8 Å². The lowest BCUT2D eigenvalue weighted by Gasteiger charge is -2.33. The number of halogens is 3. The summed E-state index contributed by atoms with van der Waals surface area (Å²) >= 11 is 0. The number of alkyl halides is 3. The summed E-state index contributed by atoms with van der Waals surface area (Å²) in [4.78, 5) is 12.0. The smallest absolute Gasteiger partial charge is 0.393 e. The van der Waals surface area contributed by atoms with Gasteiger partial charge in [-0.3, -0.25) is 10.2 Å². The van der Waals surface area contributed by atoms with E-state index in [-0.39, 0.29) is 13.0 Å². The third-order valence-electron chi connectivity index (χ3n) is 3.93. The van der Waals surface area contributed by atoms with Gasteiger partial charge >= 0.3 is 6.18 Å². The van der Waals surface area contributed by atoms with Crippen LogP contribution in [0.3, 0.4) is 0 Å². The molecular weight excluding hydrogens is 337 g/mol. The summed E-state index contributed by atoms with van der Waals surface area (Å²) in [6.45, 7) is 1.26. The maximum atomic E-state index is 13.7. The Morgan fingerprint density at radius 2 is 1.88 bits per heavy atom. The predicted octanol–water partition coefficient (Wildman–Crippen LogP) is 2.83. The molecule has 0 radical (unpaired) electrons. The van der Waals surface area contributed by atoms with Gasteiger partial charge in [-0.15, -0.1) is 0 Å². The summed E-state index contributed by atoms with van der Waals surface area (Å²) in [6.07, 6.45) is -4.33. The number of hydrogen-bond donors (Lipinski definition) is 3. The van der Waals surface area contributed by atoms with Crippen molar-refractivity contribution in [1.29, 1.82) is 0 Å². The van der Waals surface area contributed by atoms with Gasteiger partial charge in [0.15, 0.2) is 0 Å². The molecule has 1 rings (SSSR count). The van der Waals surface area contributed by atoms with Crippen LogP contribution in [0, 0.1) is 0 Å². The second-order valence-electron chi connectivity index (χ2n) is 6.02. The number of benzene rings is 1. The number of rotatable bonds is 10. The van der Waals surface area contributed by atoms with E-state index < -0.39 is 30.2 Å². The van der Waals surface area contributed by atoms with Gasteiger partial charge in [-0.1, -0.05) is 43.2 Å². The van der Waals surface area contributed by atoms with Crippen LogP contribution in [0.25, 0.3) is 0 Å². The molecule has 2 atom stereocenters. The molecule has 1 aromatic carbocycles. The molecule has 4 N–H and O–H groups in total. The quantitative estimate of drug-likeness (QED) is 0.259. The predicted molar refractivity (Wildman–Crippen MR) is 87.1 cm³/mol. The number of aliphatic hydroxyl groups excluding tert-OH is 1. The minimum atomic E-state index is -4.91. The highest BCUT2D eigenvalue weighted by molar-refractivity contribution is 5.85. The molecule has 0 spiro atoms. The van der Waals surface area contributed by atoms with E-state index in [0.717, 1.165) is 0 Å². The van der Waals surface area contributed by atoms with Crippen LogP contribution in [-0.4, -0.2) is 28.9 Å². The Balaban J connectivity index is 2.85. The Kier molecular flexibility index (Phi) is 8.34.